The Kier molecular flexibility index (Phi) is 2.78. The van der Waals surface area contributed by atoms with Gasteiger partial charge in [-0.1, -0.05) is 32.1 Å². The van der Waals surface area contributed by atoms with E-state index in [-0.39, 0.29) is 0 Å². The number of hydrogen-bond donors (Lipinski definition) is 0. The number of imidazole rings is 1. The molecule has 0 aliphatic rings. The molecule has 0 spiro atoms. The summed E-state index contributed by atoms with van der Waals surface area (Å²) in [7, 11) is 0. The molecule has 0 atom stereocenters. The maximum absolute atomic E-state index is 4.59. The minimum atomic E-state index is 0.659. The molecule has 0 saturated heterocycles. The molecule has 0 aromatic carbocycles. The number of aromatic nitrogens is 3. The summed E-state index contributed by atoms with van der Waals surface area (Å²) in [5.74, 6) is 0.659. The molecule has 15 heavy (non-hydrogen) atoms. The van der Waals surface area contributed by atoms with E-state index in [0.29, 0.717) is 5.92 Å². The van der Waals surface area contributed by atoms with Crippen LogP contribution in [0.3, 0.4) is 0 Å². The minimum absolute atomic E-state index is 0.659. The Morgan fingerprint density at radius 3 is 2.67 bits per heavy atom. The summed E-state index contributed by atoms with van der Waals surface area (Å²) in [5, 5.41) is 5.79. The van der Waals surface area contributed by atoms with Crippen molar-refractivity contribution in [3.05, 3.63) is 16.4 Å². The van der Waals surface area contributed by atoms with Crippen LogP contribution >= 0.6 is 11.3 Å². The molecule has 3 nitrogen and oxygen atoms in total. The van der Waals surface area contributed by atoms with Crippen molar-refractivity contribution >= 4 is 16.3 Å². The van der Waals surface area contributed by atoms with Gasteiger partial charge in [0.2, 0.25) is 4.96 Å². The monoisotopic (exact) mass is 223 g/mol. The van der Waals surface area contributed by atoms with E-state index in [1.165, 1.54) is 16.4 Å². The first-order valence-electron chi connectivity index (χ1n) is 5.45. The average molecular weight is 223 g/mol. The summed E-state index contributed by atoms with van der Waals surface area (Å²) in [4.78, 5) is 5.62. The highest BCUT2D eigenvalue weighted by Gasteiger charge is 2.12. The van der Waals surface area contributed by atoms with Crippen LogP contribution in [0.2, 0.25) is 0 Å². The second-order valence-electron chi connectivity index (χ2n) is 4.29. The molecule has 0 radical (unpaired) electrons. The van der Waals surface area contributed by atoms with Gasteiger partial charge in [0.15, 0.2) is 0 Å². The number of rotatable bonds is 3. The summed E-state index contributed by atoms with van der Waals surface area (Å²) >= 11 is 1.72. The number of aryl methyl sites for hydroxylation is 2. The van der Waals surface area contributed by atoms with Gasteiger partial charge in [-0.25, -0.2) is 9.50 Å². The van der Waals surface area contributed by atoms with E-state index in [2.05, 4.69) is 37.8 Å². The molecule has 0 aliphatic heterocycles. The summed E-state index contributed by atoms with van der Waals surface area (Å²) in [6.07, 6.45) is 2.04. The maximum atomic E-state index is 4.59. The van der Waals surface area contributed by atoms with Crippen molar-refractivity contribution in [3.63, 3.8) is 0 Å². The van der Waals surface area contributed by atoms with E-state index >= 15 is 0 Å². The SMILES string of the molecule is CCc1nc2sc(CC(C)C)nn2c1C. The van der Waals surface area contributed by atoms with Crippen molar-refractivity contribution < 1.29 is 0 Å². The van der Waals surface area contributed by atoms with E-state index < -0.39 is 0 Å². The Hall–Kier alpha value is -0.900. The number of hydrogen-bond acceptors (Lipinski definition) is 3. The van der Waals surface area contributed by atoms with Crippen molar-refractivity contribution in [2.45, 2.75) is 40.5 Å². The third-order valence-electron chi connectivity index (χ3n) is 2.49. The lowest BCUT2D eigenvalue weighted by Gasteiger charge is -1.98. The lowest BCUT2D eigenvalue weighted by molar-refractivity contribution is 0.635. The standard InChI is InChI=1S/C11H17N3S/c1-5-9-8(4)14-11(12-9)15-10(13-14)6-7(2)3/h7H,5-6H2,1-4H3. The lowest BCUT2D eigenvalue weighted by Crippen LogP contribution is -1.96. The zero-order chi connectivity index (χ0) is 11.0. The molecule has 2 aromatic rings. The van der Waals surface area contributed by atoms with Gasteiger partial charge in [-0.05, 0) is 19.3 Å². The molecule has 4 heteroatoms. The predicted molar refractivity (Wildman–Crippen MR) is 63.5 cm³/mol. The molecule has 82 valence electrons. The Morgan fingerprint density at radius 2 is 2.13 bits per heavy atom. The first kappa shape index (κ1) is 10.6. The van der Waals surface area contributed by atoms with E-state index in [4.69, 9.17) is 0 Å². The molecule has 0 unspecified atom stereocenters. The molecule has 0 N–H and O–H groups in total. The van der Waals surface area contributed by atoms with Crippen LogP contribution in [-0.4, -0.2) is 14.6 Å². The van der Waals surface area contributed by atoms with Gasteiger partial charge in [0.25, 0.3) is 0 Å². The summed E-state index contributed by atoms with van der Waals surface area (Å²) < 4.78 is 1.99. The van der Waals surface area contributed by atoms with Crippen LogP contribution < -0.4 is 0 Å². The quantitative estimate of drug-likeness (QED) is 0.801. The third kappa shape index (κ3) is 1.91. The number of fused-ring (bicyclic) bond motifs is 1. The molecular formula is C11H17N3S. The van der Waals surface area contributed by atoms with E-state index in [1.54, 1.807) is 11.3 Å². The Bertz CT molecular complexity index is 467. The van der Waals surface area contributed by atoms with Crippen molar-refractivity contribution in [2.75, 3.05) is 0 Å². The topological polar surface area (TPSA) is 30.2 Å². The summed E-state index contributed by atoms with van der Waals surface area (Å²) in [6.45, 7) is 8.66. The van der Waals surface area contributed by atoms with Crippen LogP contribution in [0.5, 0.6) is 0 Å². The molecule has 0 aliphatic carbocycles. The second-order valence-corrected chi connectivity index (χ2v) is 5.33. The highest BCUT2D eigenvalue weighted by Crippen LogP contribution is 2.20. The molecule has 0 amide bonds. The van der Waals surface area contributed by atoms with Crippen molar-refractivity contribution in [1.82, 2.24) is 14.6 Å². The second kappa shape index (κ2) is 3.93. The molecule has 2 rings (SSSR count). The molecule has 0 saturated carbocycles. The van der Waals surface area contributed by atoms with Gasteiger partial charge in [-0.3, -0.25) is 0 Å². The first-order valence-corrected chi connectivity index (χ1v) is 6.27. The lowest BCUT2D eigenvalue weighted by atomic mass is 10.1. The first-order chi connectivity index (χ1) is 7.11. The van der Waals surface area contributed by atoms with Gasteiger partial charge in [0.1, 0.15) is 5.01 Å². The van der Waals surface area contributed by atoms with E-state index in [9.17, 15) is 0 Å². The van der Waals surface area contributed by atoms with Crippen molar-refractivity contribution in [3.8, 4) is 0 Å². The minimum Gasteiger partial charge on any atom is -0.222 e. The fraction of sp³-hybridized carbons (Fsp3) is 0.636. The molecule has 2 aromatic heterocycles. The van der Waals surface area contributed by atoms with Gasteiger partial charge < -0.3 is 0 Å². The highest BCUT2D eigenvalue weighted by atomic mass is 32.1. The normalized spacial score (nSPS) is 11.8. The molecule has 0 bridgehead atoms. The van der Waals surface area contributed by atoms with Crippen LogP contribution in [0.4, 0.5) is 0 Å². The predicted octanol–water partition coefficient (Wildman–Crippen LogP) is 2.86. The zero-order valence-electron chi connectivity index (χ0n) is 9.74. The van der Waals surface area contributed by atoms with Crippen LogP contribution in [-0.2, 0) is 12.8 Å². The van der Waals surface area contributed by atoms with Crippen LogP contribution in [0.25, 0.3) is 4.96 Å². The van der Waals surface area contributed by atoms with Gasteiger partial charge in [-0.2, -0.15) is 5.10 Å². The third-order valence-corrected chi connectivity index (χ3v) is 3.42. The smallest absolute Gasteiger partial charge is 0.212 e. The van der Waals surface area contributed by atoms with Crippen LogP contribution in [0.1, 0.15) is 37.2 Å². The Labute approximate surface area is 94.2 Å². The Balaban J connectivity index is 2.41. The summed E-state index contributed by atoms with van der Waals surface area (Å²) in [6, 6.07) is 0. The fourth-order valence-corrected chi connectivity index (χ4v) is 2.87. The van der Waals surface area contributed by atoms with Crippen molar-refractivity contribution in [2.24, 2.45) is 5.92 Å². The average Bonchev–Trinajstić information content (AvgIpc) is 2.65. The van der Waals surface area contributed by atoms with Gasteiger partial charge in [-0.15, -0.1) is 0 Å². The van der Waals surface area contributed by atoms with Crippen LogP contribution in [0, 0.1) is 12.8 Å². The van der Waals surface area contributed by atoms with Gasteiger partial charge in [0.05, 0.1) is 11.4 Å². The van der Waals surface area contributed by atoms with E-state index in [1.807, 2.05) is 4.52 Å². The zero-order valence-corrected chi connectivity index (χ0v) is 10.6. The van der Waals surface area contributed by atoms with Gasteiger partial charge >= 0.3 is 0 Å². The van der Waals surface area contributed by atoms with Gasteiger partial charge in [0, 0.05) is 6.42 Å². The van der Waals surface area contributed by atoms with Crippen molar-refractivity contribution in [1.29, 1.82) is 0 Å². The molecule has 2 heterocycles. The molecular weight excluding hydrogens is 206 g/mol. The van der Waals surface area contributed by atoms with E-state index in [0.717, 1.165) is 17.8 Å². The maximum Gasteiger partial charge on any atom is 0.212 e. The highest BCUT2D eigenvalue weighted by molar-refractivity contribution is 7.16. The molecule has 0 fully saturated rings. The largest absolute Gasteiger partial charge is 0.222 e. The Morgan fingerprint density at radius 1 is 1.40 bits per heavy atom. The van der Waals surface area contributed by atoms with Crippen LogP contribution in [0.15, 0.2) is 0 Å². The summed E-state index contributed by atoms with van der Waals surface area (Å²) in [5.41, 5.74) is 2.36. The fourth-order valence-electron chi connectivity index (χ4n) is 1.70. The number of nitrogens with zero attached hydrogens (tertiary/aromatic N) is 3.